The molecule has 2 N–H and O–H groups in total. The van der Waals surface area contributed by atoms with E-state index in [-0.39, 0.29) is 11.2 Å². The van der Waals surface area contributed by atoms with Crippen LogP contribution in [0, 0.1) is 11.2 Å². The lowest BCUT2D eigenvalue weighted by molar-refractivity contribution is 0.313. The molecule has 1 atom stereocenters. The number of methoxy groups -OCH3 is 2. The first-order chi connectivity index (χ1) is 7.81. The highest BCUT2D eigenvalue weighted by atomic mass is 19.1. The molecule has 0 spiro atoms. The fourth-order valence-electron chi connectivity index (χ4n) is 1.57. The van der Waals surface area contributed by atoms with E-state index in [9.17, 15) is 4.39 Å². The van der Waals surface area contributed by atoms with Crippen LogP contribution < -0.4 is 15.2 Å². The molecule has 1 aromatic rings. The Morgan fingerprint density at radius 2 is 1.59 bits per heavy atom. The minimum Gasteiger partial charge on any atom is -0.493 e. The molecule has 0 fully saturated rings. The predicted molar refractivity (Wildman–Crippen MR) is 65.9 cm³/mol. The Kier molecular flexibility index (Phi) is 3.98. The second-order valence-electron chi connectivity index (χ2n) is 5.07. The van der Waals surface area contributed by atoms with Crippen molar-refractivity contribution in [2.45, 2.75) is 26.8 Å². The monoisotopic (exact) mass is 241 g/mol. The fraction of sp³-hybridized carbons (Fsp3) is 0.538. The molecule has 4 heteroatoms. The van der Waals surface area contributed by atoms with Gasteiger partial charge < -0.3 is 15.2 Å². The van der Waals surface area contributed by atoms with E-state index in [1.54, 1.807) is 6.07 Å². The largest absolute Gasteiger partial charge is 0.493 e. The lowest BCUT2D eigenvalue weighted by Gasteiger charge is -2.28. The van der Waals surface area contributed by atoms with Crippen molar-refractivity contribution in [1.29, 1.82) is 0 Å². The van der Waals surface area contributed by atoms with Gasteiger partial charge in [0.05, 0.1) is 14.2 Å². The third kappa shape index (κ3) is 2.88. The highest BCUT2D eigenvalue weighted by Crippen LogP contribution is 2.37. The molecule has 1 rings (SSSR count). The standard InChI is InChI=1S/C13H20FNO2/c1-13(2,3)12(15)8-6-10(16-4)11(17-5)7-9(8)14/h6-7,12H,15H2,1-5H3/t12-/m0/s1. The molecule has 0 saturated carbocycles. The minimum atomic E-state index is -0.401. The second kappa shape index (κ2) is 4.92. The van der Waals surface area contributed by atoms with Crippen molar-refractivity contribution in [2.75, 3.05) is 14.2 Å². The van der Waals surface area contributed by atoms with Gasteiger partial charge in [-0.15, -0.1) is 0 Å². The van der Waals surface area contributed by atoms with Gasteiger partial charge >= 0.3 is 0 Å². The number of halogens is 1. The summed E-state index contributed by atoms with van der Waals surface area (Å²) in [5.74, 6) is 0.489. The van der Waals surface area contributed by atoms with Crippen LogP contribution in [0.5, 0.6) is 11.5 Å². The molecule has 0 saturated heterocycles. The van der Waals surface area contributed by atoms with E-state index in [1.807, 2.05) is 20.8 Å². The third-order valence-corrected chi connectivity index (χ3v) is 2.77. The van der Waals surface area contributed by atoms with Crippen molar-refractivity contribution in [3.8, 4) is 11.5 Å². The highest BCUT2D eigenvalue weighted by Gasteiger charge is 2.26. The third-order valence-electron chi connectivity index (χ3n) is 2.77. The van der Waals surface area contributed by atoms with Crippen molar-refractivity contribution in [3.63, 3.8) is 0 Å². The molecule has 96 valence electrons. The Morgan fingerprint density at radius 1 is 1.12 bits per heavy atom. The first-order valence-corrected chi connectivity index (χ1v) is 5.48. The van der Waals surface area contributed by atoms with Gasteiger partial charge in [0.2, 0.25) is 0 Å². The lowest BCUT2D eigenvalue weighted by Crippen LogP contribution is -2.27. The molecular formula is C13H20FNO2. The van der Waals surface area contributed by atoms with E-state index in [4.69, 9.17) is 15.2 Å². The van der Waals surface area contributed by atoms with Crippen molar-refractivity contribution < 1.29 is 13.9 Å². The molecule has 17 heavy (non-hydrogen) atoms. The van der Waals surface area contributed by atoms with Gasteiger partial charge in [-0.1, -0.05) is 20.8 Å². The summed E-state index contributed by atoms with van der Waals surface area (Å²) >= 11 is 0. The number of benzene rings is 1. The van der Waals surface area contributed by atoms with Crippen LogP contribution in [0.15, 0.2) is 12.1 Å². The summed E-state index contributed by atoms with van der Waals surface area (Å²) in [6, 6.07) is 2.51. The van der Waals surface area contributed by atoms with Gasteiger partial charge in [-0.2, -0.15) is 0 Å². The van der Waals surface area contributed by atoms with Crippen molar-refractivity contribution in [3.05, 3.63) is 23.5 Å². The molecular weight excluding hydrogens is 221 g/mol. The van der Waals surface area contributed by atoms with E-state index in [0.717, 1.165) is 0 Å². The van der Waals surface area contributed by atoms with E-state index >= 15 is 0 Å². The summed E-state index contributed by atoms with van der Waals surface area (Å²) in [5, 5.41) is 0. The Balaban J connectivity index is 3.26. The normalized spacial score (nSPS) is 13.4. The van der Waals surface area contributed by atoms with E-state index < -0.39 is 6.04 Å². The first kappa shape index (κ1) is 13.8. The lowest BCUT2D eigenvalue weighted by atomic mass is 9.83. The average molecular weight is 241 g/mol. The van der Waals surface area contributed by atoms with Gasteiger partial charge in [-0.25, -0.2) is 4.39 Å². The van der Waals surface area contributed by atoms with Crippen LogP contribution in [-0.2, 0) is 0 Å². The van der Waals surface area contributed by atoms with Gasteiger partial charge in [0.15, 0.2) is 11.5 Å². The quantitative estimate of drug-likeness (QED) is 0.885. The Morgan fingerprint density at radius 3 is 2.00 bits per heavy atom. The average Bonchev–Trinajstić information content (AvgIpc) is 2.26. The zero-order valence-corrected chi connectivity index (χ0v) is 11.0. The maximum atomic E-state index is 13.9. The molecule has 0 radical (unpaired) electrons. The van der Waals surface area contributed by atoms with E-state index in [1.165, 1.54) is 20.3 Å². The molecule has 0 unspecified atom stereocenters. The fourth-order valence-corrected chi connectivity index (χ4v) is 1.57. The maximum Gasteiger partial charge on any atom is 0.163 e. The molecule has 0 bridgehead atoms. The molecule has 3 nitrogen and oxygen atoms in total. The van der Waals surface area contributed by atoms with Crippen LogP contribution in [0.1, 0.15) is 32.4 Å². The summed E-state index contributed by atoms with van der Waals surface area (Å²) in [6.45, 7) is 5.90. The first-order valence-electron chi connectivity index (χ1n) is 5.48. The molecule has 0 aliphatic rings. The zero-order valence-electron chi connectivity index (χ0n) is 11.0. The molecule has 1 aromatic carbocycles. The van der Waals surface area contributed by atoms with Gasteiger partial charge in [0.1, 0.15) is 5.82 Å². The smallest absolute Gasteiger partial charge is 0.163 e. The molecule has 0 aromatic heterocycles. The predicted octanol–water partition coefficient (Wildman–Crippen LogP) is 2.89. The number of rotatable bonds is 3. The summed E-state index contributed by atoms with van der Waals surface area (Å²) in [5.41, 5.74) is 6.27. The molecule has 0 aliphatic heterocycles. The van der Waals surface area contributed by atoms with E-state index in [0.29, 0.717) is 17.1 Å². The van der Waals surface area contributed by atoms with Gasteiger partial charge in [0.25, 0.3) is 0 Å². The maximum absolute atomic E-state index is 13.9. The van der Waals surface area contributed by atoms with Crippen LogP contribution in [0.3, 0.4) is 0 Å². The minimum absolute atomic E-state index is 0.222. The van der Waals surface area contributed by atoms with Crippen LogP contribution in [0.4, 0.5) is 4.39 Å². The van der Waals surface area contributed by atoms with Crippen molar-refractivity contribution in [1.82, 2.24) is 0 Å². The summed E-state index contributed by atoms with van der Waals surface area (Å²) in [6.07, 6.45) is 0. The van der Waals surface area contributed by atoms with Crippen molar-refractivity contribution >= 4 is 0 Å². The molecule has 0 aliphatic carbocycles. The van der Waals surface area contributed by atoms with Crippen LogP contribution in [-0.4, -0.2) is 14.2 Å². The zero-order chi connectivity index (χ0) is 13.2. The highest BCUT2D eigenvalue weighted by molar-refractivity contribution is 5.45. The SMILES string of the molecule is COc1cc(F)c([C@H](N)C(C)(C)C)cc1OC. The summed E-state index contributed by atoms with van der Waals surface area (Å²) in [4.78, 5) is 0. The number of hydrogen-bond acceptors (Lipinski definition) is 3. The molecule has 0 heterocycles. The van der Waals surface area contributed by atoms with Crippen LogP contribution in [0.25, 0.3) is 0 Å². The van der Waals surface area contributed by atoms with Gasteiger partial charge in [0, 0.05) is 17.7 Å². The topological polar surface area (TPSA) is 44.5 Å². The number of ether oxygens (including phenoxy) is 2. The summed E-state index contributed by atoms with van der Waals surface area (Å²) in [7, 11) is 2.99. The number of hydrogen-bond donors (Lipinski definition) is 1. The Hall–Kier alpha value is -1.29. The Labute approximate surface area is 102 Å². The van der Waals surface area contributed by atoms with Gasteiger partial charge in [-0.05, 0) is 11.5 Å². The van der Waals surface area contributed by atoms with Crippen LogP contribution >= 0.6 is 0 Å². The number of nitrogens with two attached hydrogens (primary N) is 1. The van der Waals surface area contributed by atoms with Gasteiger partial charge in [-0.3, -0.25) is 0 Å². The Bertz CT molecular complexity index is 399. The summed E-state index contributed by atoms with van der Waals surface area (Å²) < 4.78 is 24.1. The van der Waals surface area contributed by atoms with E-state index in [2.05, 4.69) is 0 Å². The van der Waals surface area contributed by atoms with Crippen molar-refractivity contribution in [2.24, 2.45) is 11.1 Å². The van der Waals surface area contributed by atoms with Crippen LogP contribution in [0.2, 0.25) is 0 Å². The molecule has 0 amide bonds. The second-order valence-corrected chi connectivity index (χ2v) is 5.07.